The van der Waals surface area contributed by atoms with Crippen LogP contribution in [0.25, 0.3) is 0 Å². The van der Waals surface area contributed by atoms with E-state index in [-0.39, 0.29) is 17.8 Å². The quantitative estimate of drug-likeness (QED) is 0.562. The first-order valence-electron chi connectivity index (χ1n) is 9.83. The van der Waals surface area contributed by atoms with Gasteiger partial charge in [-0.05, 0) is 35.9 Å². The Labute approximate surface area is 192 Å². The van der Waals surface area contributed by atoms with Crippen LogP contribution in [0.2, 0.25) is 5.02 Å². The minimum Gasteiger partial charge on any atom is -0.304 e. The molecule has 0 aromatic heterocycles. The number of fused-ring (bicyclic) bond motifs is 2. The van der Waals surface area contributed by atoms with Gasteiger partial charge in [-0.25, -0.2) is 17.2 Å². The largest absolute Gasteiger partial charge is 0.304 e. The highest BCUT2D eigenvalue weighted by Gasteiger charge is 2.69. The van der Waals surface area contributed by atoms with Gasteiger partial charge in [-0.2, -0.15) is 0 Å². The number of anilines is 2. The minimum absolute atomic E-state index is 0.0180. The molecule has 168 valence electrons. The van der Waals surface area contributed by atoms with Crippen LogP contribution in [0.4, 0.5) is 20.2 Å². The Hall–Kier alpha value is -3.30. The summed E-state index contributed by atoms with van der Waals surface area (Å²) in [5.41, 5.74) is 0.847. The van der Waals surface area contributed by atoms with Gasteiger partial charge < -0.3 is 4.90 Å². The average Bonchev–Trinajstić information content (AvgIpc) is 3.14. The Bertz CT molecular complexity index is 1430. The fourth-order valence-electron chi connectivity index (χ4n) is 4.45. The third-order valence-electron chi connectivity index (χ3n) is 5.84. The molecule has 0 saturated carbocycles. The predicted molar refractivity (Wildman–Crippen MR) is 118 cm³/mol. The number of para-hydroxylation sites is 1. The number of hydrogen-bond donors (Lipinski definition) is 0. The highest BCUT2D eigenvalue weighted by Crippen LogP contribution is 2.52. The second-order valence-corrected chi connectivity index (χ2v) is 10.3. The molecule has 3 aromatic carbocycles. The van der Waals surface area contributed by atoms with Crippen molar-refractivity contribution in [2.45, 2.75) is 11.4 Å². The highest BCUT2D eigenvalue weighted by molar-refractivity contribution is 7.94. The topological polar surface area (TPSA) is 74.8 Å². The van der Waals surface area contributed by atoms with Crippen molar-refractivity contribution >= 4 is 44.6 Å². The lowest BCUT2D eigenvalue weighted by molar-refractivity contribution is -0.123. The summed E-state index contributed by atoms with van der Waals surface area (Å²) in [6.45, 7) is 0.0180. The van der Waals surface area contributed by atoms with Crippen molar-refractivity contribution in [3.05, 3.63) is 94.5 Å². The van der Waals surface area contributed by atoms with E-state index < -0.39 is 43.9 Å². The van der Waals surface area contributed by atoms with E-state index in [1.165, 1.54) is 11.0 Å². The van der Waals surface area contributed by atoms with Crippen LogP contribution in [0.1, 0.15) is 11.1 Å². The summed E-state index contributed by atoms with van der Waals surface area (Å²) < 4.78 is 54.5. The number of hydrogen-bond acceptors (Lipinski definition) is 4. The summed E-state index contributed by atoms with van der Waals surface area (Å²) in [5, 5.41) is 0.497. The Morgan fingerprint density at radius 1 is 0.939 bits per heavy atom. The van der Waals surface area contributed by atoms with Gasteiger partial charge >= 0.3 is 0 Å². The second-order valence-electron chi connectivity index (χ2n) is 7.77. The number of amides is 2. The summed E-state index contributed by atoms with van der Waals surface area (Å²) in [7, 11) is -4.40. The van der Waals surface area contributed by atoms with Crippen LogP contribution < -0.4 is 9.80 Å². The van der Waals surface area contributed by atoms with E-state index >= 15 is 0 Å². The molecule has 0 N–H and O–H groups in total. The number of sulfone groups is 1. The molecule has 0 bridgehead atoms. The molecule has 1 atom stereocenters. The van der Waals surface area contributed by atoms with Crippen molar-refractivity contribution < 1.29 is 26.8 Å². The first-order chi connectivity index (χ1) is 15.7. The summed E-state index contributed by atoms with van der Waals surface area (Å²) in [6, 6.07) is 15.5. The molecule has 1 fully saturated rings. The molecule has 1 spiro atoms. The van der Waals surface area contributed by atoms with E-state index in [0.29, 0.717) is 22.3 Å². The number of carbonyl (C=O) groups is 2. The van der Waals surface area contributed by atoms with Crippen molar-refractivity contribution in [3.8, 4) is 0 Å². The first kappa shape index (κ1) is 21.5. The zero-order valence-electron chi connectivity index (χ0n) is 16.8. The summed E-state index contributed by atoms with van der Waals surface area (Å²) >= 11 is 5.94. The predicted octanol–water partition coefficient (Wildman–Crippen LogP) is 3.78. The van der Waals surface area contributed by atoms with Gasteiger partial charge in [0.1, 0.15) is 5.75 Å². The Morgan fingerprint density at radius 2 is 1.64 bits per heavy atom. The molecule has 6 nitrogen and oxygen atoms in total. The summed E-state index contributed by atoms with van der Waals surface area (Å²) in [6.07, 6.45) is 0. The van der Waals surface area contributed by atoms with E-state index in [1.54, 1.807) is 42.5 Å². The third-order valence-corrected chi connectivity index (χ3v) is 8.19. The molecule has 33 heavy (non-hydrogen) atoms. The molecule has 5 rings (SSSR count). The molecule has 3 aromatic rings. The van der Waals surface area contributed by atoms with Gasteiger partial charge in [0, 0.05) is 22.3 Å². The minimum atomic E-state index is -4.40. The standard InChI is InChI=1S/C23H15ClF2N2O4S/c24-15-7-5-14(6-8-15)12-27-20-4-2-1-3-17(20)23(22(27)30)28(21(29)13-33(23,31)32)16-9-10-18(25)19(26)11-16/h1-11H,12-13H2. The number of benzene rings is 3. The van der Waals surface area contributed by atoms with Crippen molar-refractivity contribution in [1.82, 2.24) is 0 Å². The molecule has 2 heterocycles. The average molecular weight is 489 g/mol. The van der Waals surface area contributed by atoms with Crippen molar-refractivity contribution in [1.29, 1.82) is 0 Å². The number of nitrogens with zero attached hydrogens (tertiary/aromatic N) is 2. The van der Waals surface area contributed by atoms with Crippen LogP contribution in [-0.4, -0.2) is 26.0 Å². The highest BCUT2D eigenvalue weighted by atomic mass is 35.5. The van der Waals surface area contributed by atoms with E-state index in [2.05, 4.69) is 0 Å². The normalized spacial score (nSPS) is 21.2. The molecule has 10 heteroatoms. The van der Waals surface area contributed by atoms with Gasteiger partial charge in [0.2, 0.25) is 5.91 Å². The van der Waals surface area contributed by atoms with Gasteiger partial charge in [0.15, 0.2) is 21.5 Å². The van der Waals surface area contributed by atoms with Gasteiger partial charge in [-0.1, -0.05) is 41.9 Å². The van der Waals surface area contributed by atoms with Crippen LogP contribution in [0, 0.1) is 11.6 Å². The first-order valence-corrected chi connectivity index (χ1v) is 11.9. The Balaban J connectivity index is 1.73. The monoisotopic (exact) mass is 488 g/mol. The number of rotatable bonds is 3. The van der Waals surface area contributed by atoms with Crippen LogP contribution in [0.15, 0.2) is 66.7 Å². The fourth-order valence-corrected chi connectivity index (χ4v) is 6.60. The van der Waals surface area contributed by atoms with Crippen LogP contribution in [0.5, 0.6) is 0 Å². The lowest BCUT2D eigenvalue weighted by Gasteiger charge is -2.32. The molecule has 0 radical (unpaired) electrons. The fraction of sp³-hybridized carbons (Fsp3) is 0.130. The lowest BCUT2D eigenvalue weighted by Crippen LogP contribution is -2.54. The van der Waals surface area contributed by atoms with Gasteiger partial charge in [0.25, 0.3) is 10.8 Å². The zero-order valence-corrected chi connectivity index (χ0v) is 18.4. The molecular formula is C23H15ClF2N2O4S. The van der Waals surface area contributed by atoms with Gasteiger partial charge in [0.05, 0.1) is 12.2 Å². The van der Waals surface area contributed by atoms with Crippen molar-refractivity contribution in [2.24, 2.45) is 0 Å². The van der Waals surface area contributed by atoms with Crippen LogP contribution in [-0.2, 0) is 30.8 Å². The summed E-state index contributed by atoms with van der Waals surface area (Å²) in [5.74, 6) is -5.14. The van der Waals surface area contributed by atoms with Gasteiger partial charge in [-0.15, -0.1) is 0 Å². The maximum absolute atomic E-state index is 14.0. The van der Waals surface area contributed by atoms with E-state index in [9.17, 15) is 26.8 Å². The van der Waals surface area contributed by atoms with Crippen molar-refractivity contribution in [3.63, 3.8) is 0 Å². The zero-order chi connectivity index (χ0) is 23.5. The number of carbonyl (C=O) groups excluding carboxylic acids is 2. The number of halogens is 3. The summed E-state index contributed by atoms with van der Waals surface area (Å²) in [4.78, 5) is 26.5. The SMILES string of the molecule is O=C1CS(=O)(=O)C2(C(=O)N(Cc3ccc(Cl)cc3)c3ccccc32)N1c1ccc(F)c(F)c1. The van der Waals surface area contributed by atoms with E-state index in [0.717, 1.165) is 17.0 Å². The molecule has 2 aliphatic rings. The molecule has 1 unspecified atom stereocenters. The third kappa shape index (κ3) is 2.99. The van der Waals surface area contributed by atoms with E-state index in [4.69, 9.17) is 11.6 Å². The molecule has 2 aliphatic heterocycles. The Morgan fingerprint density at radius 3 is 2.33 bits per heavy atom. The maximum Gasteiger partial charge on any atom is 0.274 e. The maximum atomic E-state index is 14.0. The lowest BCUT2D eigenvalue weighted by atomic mass is 10.0. The van der Waals surface area contributed by atoms with Crippen LogP contribution >= 0.6 is 11.6 Å². The van der Waals surface area contributed by atoms with Gasteiger partial charge in [-0.3, -0.25) is 14.5 Å². The van der Waals surface area contributed by atoms with Crippen molar-refractivity contribution in [2.75, 3.05) is 15.6 Å². The Kier molecular flexibility index (Phi) is 4.80. The molecule has 0 aliphatic carbocycles. The molecule has 1 saturated heterocycles. The van der Waals surface area contributed by atoms with Crippen LogP contribution in [0.3, 0.4) is 0 Å². The molecule has 2 amide bonds. The second kappa shape index (κ2) is 7.36. The molecular weight excluding hydrogens is 474 g/mol. The smallest absolute Gasteiger partial charge is 0.274 e. The van der Waals surface area contributed by atoms with E-state index in [1.807, 2.05) is 0 Å².